The Balaban J connectivity index is 2.49. The van der Waals surface area contributed by atoms with Crippen LogP contribution in [-0.4, -0.2) is 17.0 Å². The van der Waals surface area contributed by atoms with E-state index in [1.807, 2.05) is 6.07 Å². The molecule has 2 heterocycles. The van der Waals surface area contributed by atoms with Crippen LogP contribution in [0.3, 0.4) is 0 Å². The van der Waals surface area contributed by atoms with Gasteiger partial charge in [0.15, 0.2) is 5.82 Å². The number of thiophene rings is 1. The minimum Gasteiger partial charge on any atom is -0.371 e. The highest BCUT2D eigenvalue weighted by atomic mass is 32.1. The lowest BCUT2D eigenvalue weighted by Crippen LogP contribution is -1.95. The first-order valence-corrected chi connectivity index (χ1v) is 5.16. The van der Waals surface area contributed by atoms with Crippen molar-refractivity contribution in [3.8, 4) is 16.6 Å². The smallest absolute Gasteiger partial charge is 0.153 e. The van der Waals surface area contributed by atoms with Crippen molar-refractivity contribution in [3.63, 3.8) is 0 Å². The Morgan fingerprint density at radius 2 is 2.13 bits per heavy atom. The number of nitrogens with one attached hydrogen (secondary N) is 1. The average Bonchev–Trinajstić information content (AvgIpc) is 2.77. The third-order valence-corrected chi connectivity index (χ3v) is 2.88. The van der Waals surface area contributed by atoms with E-state index in [-0.39, 0.29) is 0 Å². The minimum absolute atomic E-state index is 0.678. The van der Waals surface area contributed by atoms with Gasteiger partial charge in [0, 0.05) is 19.4 Å². The molecule has 0 amide bonds. The molecule has 74 valence electrons. The first-order chi connectivity index (χ1) is 7.35. The summed E-state index contributed by atoms with van der Waals surface area (Å²) in [4.78, 5) is 10.0. The molecule has 0 bridgehead atoms. The zero-order valence-corrected chi connectivity index (χ0v) is 8.88. The standard InChI is InChI=1S/C10H8N4S/c1-12-10-9(13-4-5-14-10)8-3-2-7(6-11)15-8/h2-5H,1H3,(H,12,14). The molecule has 0 radical (unpaired) electrons. The minimum atomic E-state index is 0.678. The molecule has 4 nitrogen and oxygen atoms in total. The fourth-order valence-corrected chi connectivity index (χ4v) is 2.03. The lowest BCUT2D eigenvalue weighted by atomic mass is 10.3. The van der Waals surface area contributed by atoms with Crippen molar-refractivity contribution in [2.75, 3.05) is 12.4 Å². The Kier molecular flexibility index (Phi) is 2.61. The summed E-state index contributed by atoms with van der Waals surface area (Å²) in [5.41, 5.74) is 0.784. The Morgan fingerprint density at radius 3 is 2.80 bits per heavy atom. The number of hydrogen-bond donors (Lipinski definition) is 1. The van der Waals surface area contributed by atoms with Crippen LogP contribution in [0.25, 0.3) is 10.6 Å². The second-order valence-corrected chi connectivity index (χ2v) is 3.86. The molecule has 0 fully saturated rings. The van der Waals surface area contributed by atoms with E-state index < -0.39 is 0 Å². The van der Waals surface area contributed by atoms with Gasteiger partial charge in [0.2, 0.25) is 0 Å². The molecule has 0 unspecified atom stereocenters. The number of anilines is 1. The number of nitriles is 1. The highest BCUT2D eigenvalue weighted by Crippen LogP contribution is 2.29. The van der Waals surface area contributed by atoms with Gasteiger partial charge < -0.3 is 5.32 Å². The zero-order valence-electron chi connectivity index (χ0n) is 8.06. The fourth-order valence-electron chi connectivity index (χ4n) is 1.23. The van der Waals surface area contributed by atoms with Gasteiger partial charge in [0.1, 0.15) is 16.6 Å². The van der Waals surface area contributed by atoms with Gasteiger partial charge in [-0.05, 0) is 12.1 Å². The van der Waals surface area contributed by atoms with Gasteiger partial charge in [-0.2, -0.15) is 5.26 Å². The quantitative estimate of drug-likeness (QED) is 0.835. The van der Waals surface area contributed by atoms with E-state index in [0.29, 0.717) is 4.88 Å². The molecule has 0 spiro atoms. The monoisotopic (exact) mass is 216 g/mol. The second-order valence-electron chi connectivity index (χ2n) is 2.78. The van der Waals surface area contributed by atoms with Gasteiger partial charge in [0.25, 0.3) is 0 Å². The van der Waals surface area contributed by atoms with E-state index >= 15 is 0 Å². The Hall–Kier alpha value is -1.93. The van der Waals surface area contributed by atoms with Crippen LogP contribution in [0.4, 0.5) is 5.82 Å². The summed E-state index contributed by atoms with van der Waals surface area (Å²) in [6.45, 7) is 0. The van der Waals surface area contributed by atoms with Crippen molar-refractivity contribution in [3.05, 3.63) is 29.4 Å². The Labute approximate surface area is 91.2 Å². The average molecular weight is 216 g/mol. The molecule has 0 aliphatic heterocycles. The predicted molar refractivity (Wildman–Crippen MR) is 59.6 cm³/mol. The largest absolute Gasteiger partial charge is 0.371 e. The SMILES string of the molecule is CNc1nccnc1-c1ccc(C#N)s1. The molecule has 0 aliphatic rings. The van der Waals surface area contributed by atoms with Crippen molar-refractivity contribution in [1.29, 1.82) is 5.26 Å². The number of aromatic nitrogens is 2. The molecule has 2 rings (SSSR count). The summed E-state index contributed by atoms with van der Waals surface area (Å²) < 4.78 is 0. The van der Waals surface area contributed by atoms with Crippen LogP contribution in [0.1, 0.15) is 4.88 Å². The second kappa shape index (κ2) is 4.07. The molecule has 0 aromatic carbocycles. The third-order valence-electron chi connectivity index (χ3n) is 1.88. The Bertz CT molecular complexity index is 512. The molecule has 1 N–H and O–H groups in total. The van der Waals surface area contributed by atoms with Gasteiger partial charge >= 0.3 is 0 Å². The maximum absolute atomic E-state index is 8.73. The molecular weight excluding hydrogens is 208 g/mol. The predicted octanol–water partition coefficient (Wildman–Crippen LogP) is 2.12. The van der Waals surface area contributed by atoms with Crippen molar-refractivity contribution in [2.45, 2.75) is 0 Å². The van der Waals surface area contributed by atoms with E-state index in [4.69, 9.17) is 5.26 Å². The van der Waals surface area contributed by atoms with Crippen LogP contribution in [0.15, 0.2) is 24.5 Å². The zero-order chi connectivity index (χ0) is 10.7. The van der Waals surface area contributed by atoms with Crippen LogP contribution >= 0.6 is 11.3 Å². The van der Waals surface area contributed by atoms with Crippen LogP contribution in [0.5, 0.6) is 0 Å². The summed E-state index contributed by atoms with van der Waals surface area (Å²) in [6, 6.07) is 5.77. The summed E-state index contributed by atoms with van der Waals surface area (Å²) in [7, 11) is 1.80. The van der Waals surface area contributed by atoms with Crippen molar-refractivity contribution < 1.29 is 0 Å². The topological polar surface area (TPSA) is 61.6 Å². The molecule has 5 heteroatoms. The molecule has 0 saturated carbocycles. The molecule has 0 atom stereocenters. The lowest BCUT2D eigenvalue weighted by molar-refractivity contribution is 1.20. The van der Waals surface area contributed by atoms with Gasteiger partial charge in [-0.25, -0.2) is 9.97 Å². The first kappa shape index (κ1) is 9.62. The van der Waals surface area contributed by atoms with E-state index in [2.05, 4.69) is 21.4 Å². The summed E-state index contributed by atoms with van der Waals surface area (Å²) in [5.74, 6) is 0.726. The molecule has 0 saturated heterocycles. The molecule has 2 aromatic rings. The Morgan fingerprint density at radius 1 is 1.33 bits per heavy atom. The third kappa shape index (κ3) is 1.80. The molecule has 15 heavy (non-hydrogen) atoms. The normalized spacial score (nSPS) is 9.60. The lowest BCUT2D eigenvalue weighted by Gasteiger charge is -2.03. The highest BCUT2D eigenvalue weighted by molar-refractivity contribution is 7.16. The van der Waals surface area contributed by atoms with E-state index in [0.717, 1.165) is 16.4 Å². The van der Waals surface area contributed by atoms with Gasteiger partial charge in [-0.15, -0.1) is 11.3 Å². The molecule has 2 aromatic heterocycles. The maximum atomic E-state index is 8.73. The van der Waals surface area contributed by atoms with E-state index in [1.165, 1.54) is 11.3 Å². The van der Waals surface area contributed by atoms with Gasteiger partial charge in [-0.3, -0.25) is 0 Å². The number of rotatable bonds is 2. The van der Waals surface area contributed by atoms with Crippen LogP contribution in [-0.2, 0) is 0 Å². The van der Waals surface area contributed by atoms with Crippen molar-refractivity contribution >= 4 is 17.2 Å². The van der Waals surface area contributed by atoms with Crippen LogP contribution in [0.2, 0.25) is 0 Å². The van der Waals surface area contributed by atoms with Gasteiger partial charge in [0.05, 0.1) is 4.88 Å². The number of nitrogens with zero attached hydrogens (tertiary/aromatic N) is 3. The summed E-state index contributed by atoms with van der Waals surface area (Å²) >= 11 is 1.41. The van der Waals surface area contributed by atoms with Crippen LogP contribution < -0.4 is 5.32 Å². The maximum Gasteiger partial charge on any atom is 0.153 e. The van der Waals surface area contributed by atoms with Crippen LogP contribution in [0, 0.1) is 11.3 Å². The van der Waals surface area contributed by atoms with Gasteiger partial charge in [-0.1, -0.05) is 0 Å². The van der Waals surface area contributed by atoms with E-state index in [1.54, 1.807) is 25.5 Å². The summed E-state index contributed by atoms with van der Waals surface area (Å²) in [6.07, 6.45) is 3.27. The van der Waals surface area contributed by atoms with Crippen molar-refractivity contribution in [1.82, 2.24) is 9.97 Å². The fraction of sp³-hybridized carbons (Fsp3) is 0.100. The molecule has 0 aliphatic carbocycles. The number of hydrogen-bond acceptors (Lipinski definition) is 5. The van der Waals surface area contributed by atoms with E-state index in [9.17, 15) is 0 Å². The first-order valence-electron chi connectivity index (χ1n) is 4.34. The molecular formula is C10H8N4S. The highest BCUT2D eigenvalue weighted by Gasteiger charge is 2.08. The van der Waals surface area contributed by atoms with Crippen molar-refractivity contribution in [2.24, 2.45) is 0 Å². The summed E-state index contributed by atoms with van der Waals surface area (Å²) in [5, 5.41) is 11.7.